The molecule has 6 nitrogen and oxygen atoms in total. The summed E-state index contributed by atoms with van der Waals surface area (Å²) >= 11 is 0. The van der Waals surface area contributed by atoms with Crippen molar-refractivity contribution in [3.63, 3.8) is 0 Å². The lowest BCUT2D eigenvalue weighted by molar-refractivity contribution is 0.105. The van der Waals surface area contributed by atoms with Crippen LogP contribution < -0.4 is 4.90 Å². The average Bonchev–Trinajstić information content (AvgIpc) is 2.55. The molecule has 1 saturated heterocycles. The molecule has 1 amide bonds. The highest BCUT2D eigenvalue weighted by atomic mass is 32.2. The number of benzene rings is 1. The Bertz CT molecular complexity index is 658. The number of carbonyl (C=O) groups excluding carboxylic acids is 1. The molecule has 1 aliphatic rings. The van der Waals surface area contributed by atoms with E-state index in [0.29, 0.717) is 26.2 Å². The first-order chi connectivity index (χ1) is 10.9. The van der Waals surface area contributed by atoms with Crippen LogP contribution in [-0.4, -0.2) is 58.0 Å². The van der Waals surface area contributed by atoms with Gasteiger partial charge in [-0.15, -0.1) is 0 Å². The number of alkyl halides is 2. The van der Waals surface area contributed by atoms with Gasteiger partial charge in [-0.3, -0.25) is 0 Å². The van der Waals surface area contributed by atoms with Crippen molar-refractivity contribution in [3.05, 3.63) is 24.3 Å². The summed E-state index contributed by atoms with van der Waals surface area (Å²) in [4.78, 5) is 14.4. The third-order valence-corrected chi connectivity index (χ3v) is 4.98. The average molecular weight is 348 g/mol. The number of carbonyl (C=O) groups is 1. The summed E-state index contributed by atoms with van der Waals surface area (Å²) in [6, 6.07) is 5.68. The number of piperazine rings is 1. The highest BCUT2D eigenvalue weighted by Gasteiger charge is 2.32. The third kappa shape index (κ3) is 3.72. The van der Waals surface area contributed by atoms with Gasteiger partial charge in [0, 0.05) is 26.2 Å². The molecule has 1 aromatic carbocycles. The summed E-state index contributed by atoms with van der Waals surface area (Å²) in [6.45, 7) is 3.33. The van der Waals surface area contributed by atoms with Crippen LogP contribution in [-0.2, 0) is 14.6 Å². The highest BCUT2D eigenvalue weighted by Crippen LogP contribution is 2.29. The number of anilines is 1. The van der Waals surface area contributed by atoms with E-state index in [1.807, 2.05) is 0 Å². The van der Waals surface area contributed by atoms with Crippen molar-refractivity contribution in [3.8, 4) is 0 Å². The van der Waals surface area contributed by atoms with Crippen molar-refractivity contribution < 1.29 is 26.7 Å². The van der Waals surface area contributed by atoms with E-state index in [2.05, 4.69) is 0 Å². The molecule has 0 aliphatic carbocycles. The lowest BCUT2D eigenvalue weighted by Crippen LogP contribution is -2.49. The van der Waals surface area contributed by atoms with Gasteiger partial charge >= 0.3 is 11.9 Å². The molecule has 0 saturated carbocycles. The first-order valence-electron chi connectivity index (χ1n) is 7.15. The van der Waals surface area contributed by atoms with Crippen molar-refractivity contribution in [2.75, 3.05) is 37.7 Å². The Morgan fingerprint density at radius 3 is 2.39 bits per heavy atom. The van der Waals surface area contributed by atoms with Crippen LogP contribution >= 0.6 is 0 Å². The normalized spacial score (nSPS) is 15.8. The Balaban J connectivity index is 2.18. The minimum atomic E-state index is -4.68. The third-order valence-electron chi connectivity index (χ3n) is 3.55. The fourth-order valence-electron chi connectivity index (χ4n) is 2.40. The molecular weight excluding hydrogens is 330 g/mol. The molecule has 23 heavy (non-hydrogen) atoms. The molecule has 0 aromatic heterocycles. The molecule has 0 spiro atoms. The van der Waals surface area contributed by atoms with E-state index in [9.17, 15) is 22.0 Å². The molecule has 1 heterocycles. The monoisotopic (exact) mass is 348 g/mol. The zero-order valence-corrected chi connectivity index (χ0v) is 13.4. The molecule has 128 valence electrons. The number of nitrogens with zero attached hydrogens (tertiary/aromatic N) is 2. The quantitative estimate of drug-likeness (QED) is 0.832. The van der Waals surface area contributed by atoms with Crippen LogP contribution in [0.4, 0.5) is 19.3 Å². The Labute approximate surface area is 133 Å². The highest BCUT2D eigenvalue weighted by molar-refractivity contribution is 7.91. The summed E-state index contributed by atoms with van der Waals surface area (Å²) in [5.41, 5.74) is 0.233. The molecule has 2 rings (SSSR count). The van der Waals surface area contributed by atoms with Gasteiger partial charge in [0.15, 0.2) is 0 Å². The number of amides is 1. The lowest BCUT2D eigenvalue weighted by atomic mass is 10.2. The molecule has 0 atom stereocenters. The molecule has 1 aliphatic heterocycles. The number of rotatable bonds is 4. The first-order valence-corrected chi connectivity index (χ1v) is 8.70. The fraction of sp³-hybridized carbons (Fsp3) is 0.500. The van der Waals surface area contributed by atoms with Crippen molar-refractivity contribution in [1.29, 1.82) is 0 Å². The maximum Gasteiger partial charge on any atom is 0.409 e. The Morgan fingerprint density at radius 2 is 1.83 bits per heavy atom. The number of halogens is 2. The van der Waals surface area contributed by atoms with Crippen molar-refractivity contribution in [2.24, 2.45) is 0 Å². The van der Waals surface area contributed by atoms with E-state index in [1.54, 1.807) is 17.9 Å². The maximum atomic E-state index is 12.8. The Hall–Kier alpha value is -1.90. The van der Waals surface area contributed by atoms with E-state index in [1.165, 1.54) is 23.1 Å². The van der Waals surface area contributed by atoms with Gasteiger partial charge in [0.05, 0.1) is 17.2 Å². The molecular formula is C14H18F2N2O4S. The zero-order chi connectivity index (χ0) is 17.0. The van der Waals surface area contributed by atoms with Gasteiger partial charge in [-0.05, 0) is 19.1 Å². The minimum absolute atomic E-state index is 0.233. The van der Waals surface area contributed by atoms with Gasteiger partial charge in [0.1, 0.15) is 0 Å². The molecule has 0 unspecified atom stereocenters. The van der Waals surface area contributed by atoms with Crippen LogP contribution in [0.15, 0.2) is 29.2 Å². The van der Waals surface area contributed by atoms with Gasteiger partial charge in [0.25, 0.3) is 0 Å². The fourth-order valence-corrected chi connectivity index (χ4v) is 3.35. The van der Waals surface area contributed by atoms with Crippen LogP contribution in [0.5, 0.6) is 0 Å². The van der Waals surface area contributed by atoms with E-state index in [0.717, 1.165) is 0 Å². The van der Waals surface area contributed by atoms with Crippen LogP contribution in [0, 0.1) is 0 Å². The van der Waals surface area contributed by atoms with E-state index in [-0.39, 0.29) is 17.2 Å². The molecule has 9 heteroatoms. The van der Waals surface area contributed by atoms with Crippen molar-refractivity contribution in [1.82, 2.24) is 4.90 Å². The molecule has 1 fully saturated rings. The second-order valence-corrected chi connectivity index (χ2v) is 6.83. The van der Waals surface area contributed by atoms with E-state index in [4.69, 9.17) is 4.74 Å². The van der Waals surface area contributed by atoms with Gasteiger partial charge in [0.2, 0.25) is 9.84 Å². The van der Waals surface area contributed by atoms with Crippen LogP contribution in [0.1, 0.15) is 6.92 Å². The zero-order valence-electron chi connectivity index (χ0n) is 12.6. The van der Waals surface area contributed by atoms with E-state index >= 15 is 0 Å². The molecule has 0 N–H and O–H groups in total. The standard InChI is InChI=1S/C14H18F2N2O4S/c1-2-22-14(19)18-9-7-17(8-10-18)11-5-3-4-6-12(11)23(20,21)13(15)16/h3-6,13H,2,7-10H2,1H3. The lowest BCUT2D eigenvalue weighted by Gasteiger charge is -2.36. The predicted octanol–water partition coefficient (Wildman–Crippen LogP) is 1.96. The van der Waals surface area contributed by atoms with Crippen LogP contribution in [0.2, 0.25) is 0 Å². The molecule has 0 bridgehead atoms. The van der Waals surface area contributed by atoms with Crippen molar-refractivity contribution in [2.45, 2.75) is 17.6 Å². The smallest absolute Gasteiger partial charge is 0.409 e. The number of ether oxygens (including phenoxy) is 1. The summed E-state index contributed by atoms with van der Waals surface area (Å²) in [7, 11) is -4.68. The summed E-state index contributed by atoms with van der Waals surface area (Å²) in [5, 5.41) is 0. The first kappa shape index (κ1) is 17.5. The van der Waals surface area contributed by atoms with Crippen LogP contribution in [0.3, 0.4) is 0 Å². The van der Waals surface area contributed by atoms with Crippen molar-refractivity contribution >= 4 is 21.6 Å². The Morgan fingerprint density at radius 1 is 1.22 bits per heavy atom. The largest absolute Gasteiger partial charge is 0.450 e. The molecule has 0 radical (unpaired) electrons. The van der Waals surface area contributed by atoms with Crippen LogP contribution in [0.25, 0.3) is 0 Å². The summed E-state index contributed by atoms with van der Waals surface area (Å²) in [5.74, 6) is -3.47. The van der Waals surface area contributed by atoms with Gasteiger partial charge in [-0.25, -0.2) is 13.2 Å². The maximum absolute atomic E-state index is 12.8. The van der Waals surface area contributed by atoms with Gasteiger partial charge < -0.3 is 14.5 Å². The number of sulfone groups is 1. The van der Waals surface area contributed by atoms with Gasteiger partial charge in [-0.1, -0.05) is 12.1 Å². The van der Waals surface area contributed by atoms with Gasteiger partial charge in [-0.2, -0.15) is 8.78 Å². The second kappa shape index (κ2) is 7.12. The second-order valence-electron chi connectivity index (χ2n) is 4.95. The predicted molar refractivity (Wildman–Crippen MR) is 80.4 cm³/mol. The summed E-state index contributed by atoms with van der Waals surface area (Å²) < 4.78 is 54.1. The summed E-state index contributed by atoms with van der Waals surface area (Å²) in [6.07, 6.45) is -0.430. The number of para-hydroxylation sites is 1. The molecule has 1 aromatic rings. The van der Waals surface area contributed by atoms with E-state index < -0.39 is 21.7 Å². The Kier molecular flexibility index (Phi) is 5.40. The SMILES string of the molecule is CCOC(=O)N1CCN(c2ccccc2S(=O)(=O)C(F)F)CC1. The minimum Gasteiger partial charge on any atom is -0.450 e. The number of hydrogen-bond acceptors (Lipinski definition) is 5. The number of hydrogen-bond donors (Lipinski definition) is 0. The topological polar surface area (TPSA) is 66.9 Å².